The van der Waals surface area contributed by atoms with Crippen LogP contribution in [0.15, 0.2) is 24.3 Å². The van der Waals surface area contributed by atoms with Crippen molar-refractivity contribution in [3.05, 3.63) is 35.4 Å². The van der Waals surface area contributed by atoms with Gasteiger partial charge in [0.2, 0.25) is 5.91 Å². The molecule has 0 saturated carbocycles. The first kappa shape index (κ1) is 20.6. The van der Waals surface area contributed by atoms with E-state index in [4.69, 9.17) is 0 Å². The molecule has 1 fully saturated rings. The van der Waals surface area contributed by atoms with Crippen molar-refractivity contribution in [2.24, 2.45) is 0 Å². The Bertz CT molecular complexity index is 725. The van der Waals surface area contributed by atoms with Gasteiger partial charge in [-0.2, -0.15) is 0 Å². The quantitative estimate of drug-likeness (QED) is 0.618. The summed E-state index contributed by atoms with van der Waals surface area (Å²) in [6.45, 7) is 4.66. The van der Waals surface area contributed by atoms with Gasteiger partial charge < -0.3 is 4.90 Å². The van der Waals surface area contributed by atoms with Crippen molar-refractivity contribution in [1.82, 2.24) is 4.90 Å². The number of Topliss-reactive ketones (excluding diaryl/α,β-unsaturated/α-hetero) is 1. The Balaban J connectivity index is 1.96. The zero-order valence-electron chi connectivity index (χ0n) is 15.7. The Morgan fingerprint density at radius 2 is 1.81 bits per heavy atom. The van der Waals surface area contributed by atoms with Crippen LogP contribution in [0.4, 0.5) is 0 Å². The summed E-state index contributed by atoms with van der Waals surface area (Å²) in [5.41, 5.74) is 1.80. The monoisotopic (exact) mass is 379 g/mol. The van der Waals surface area contributed by atoms with Crippen molar-refractivity contribution >= 4 is 21.5 Å². The standard InChI is InChI=1S/C20H29NO4S/c1-3-5-13-21(18-12-14-26(24,25)15-18)20(23)11-10-19(22)17-8-6-16(4-2)7-9-17/h6-9,18H,3-5,10-15H2,1-2H3. The first-order valence-electron chi connectivity index (χ1n) is 9.48. The molecule has 1 aliphatic rings. The minimum Gasteiger partial charge on any atom is -0.339 e. The minimum atomic E-state index is -3.04. The number of hydrogen-bond donors (Lipinski definition) is 0. The van der Waals surface area contributed by atoms with Gasteiger partial charge in [0.1, 0.15) is 0 Å². The van der Waals surface area contributed by atoms with Gasteiger partial charge in [0.15, 0.2) is 15.6 Å². The van der Waals surface area contributed by atoms with E-state index < -0.39 is 9.84 Å². The predicted octanol–water partition coefficient (Wildman–Crippen LogP) is 3.03. The molecular formula is C20H29NO4S. The van der Waals surface area contributed by atoms with Crippen molar-refractivity contribution in [1.29, 1.82) is 0 Å². The fourth-order valence-electron chi connectivity index (χ4n) is 3.30. The number of carbonyl (C=O) groups excluding carboxylic acids is 2. The maximum absolute atomic E-state index is 12.7. The van der Waals surface area contributed by atoms with Crippen LogP contribution in [0.25, 0.3) is 0 Å². The summed E-state index contributed by atoms with van der Waals surface area (Å²) in [5, 5.41) is 0. The van der Waals surface area contributed by atoms with Crippen LogP contribution in [0.5, 0.6) is 0 Å². The van der Waals surface area contributed by atoms with Gasteiger partial charge in [-0.25, -0.2) is 8.42 Å². The lowest BCUT2D eigenvalue weighted by molar-refractivity contribution is -0.133. The largest absolute Gasteiger partial charge is 0.339 e. The zero-order chi connectivity index (χ0) is 19.2. The summed E-state index contributed by atoms with van der Waals surface area (Å²) in [6, 6.07) is 7.25. The molecule has 1 aromatic carbocycles. The summed E-state index contributed by atoms with van der Waals surface area (Å²) in [5.74, 6) is 0.0418. The van der Waals surface area contributed by atoms with Gasteiger partial charge in [0.05, 0.1) is 11.5 Å². The average Bonchev–Trinajstić information content (AvgIpc) is 2.99. The van der Waals surface area contributed by atoms with Gasteiger partial charge in [-0.3, -0.25) is 9.59 Å². The molecule has 1 aliphatic heterocycles. The molecule has 0 aromatic heterocycles. The number of nitrogens with zero attached hydrogens (tertiary/aromatic N) is 1. The molecule has 5 nitrogen and oxygen atoms in total. The van der Waals surface area contributed by atoms with Crippen LogP contribution in [-0.2, 0) is 21.1 Å². The van der Waals surface area contributed by atoms with Gasteiger partial charge in [-0.05, 0) is 24.8 Å². The van der Waals surface area contributed by atoms with Gasteiger partial charge in [-0.15, -0.1) is 0 Å². The molecule has 1 saturated heterocycles. The van der Waals surface area contributed by atoms with Crippen LogP contribution in [0.2, 0.25) is 0 Å². The fourth-order valence-corrected chi connectivity index (χ4v) is 5.03. The van der Waals surface area contributed by atoms with E-state index in [1.54, 1.807) is 4.90 Å². The van der Waals surface area contributed by atoms with Crippen molar-refractivity contribution in [2.75, 3.05) is 18.1 Å². The third kappa shape index (κ3) is 5.66. The summed E-state index contributed by atoms with van der Waals surface area (Å²) in [7, 11) is -3.04. The molecule has 6 heteroatoms. The number of carbonyl (C=O) groups is 2. The molecule has 144 valence electrons. The van der Waals surface area contributed by atoms with Crippen LogP contribution < -0.4 is 0 Å². The lowest BCUT2D eigenvalue weighted by Gasteiger charge is -2.28. The number of benzene rings is 1. The number of amides is 1. The predicted molar refractivity (Wildman–Crippen MR) is 103 cm³/mol. The van der Waals surface area contributed by atoms with Crippen LogP contribution in [0.3, 0.4) is 0 Å². The fraction of sp³-hybridized carbons (Fsp3) is 0.600. The number of ketones is 1. The van der Waals surface area contributed by atoms with E-state index in [0.29, 0.717) is 18.5 Å². The summed E-state index contributed by atoms with van der Waals surface area (Å²) in [4.78, 5) is 26.7. The minimum absolute atomic E-state index is 0.0458. The second-order valence-electron chi connectivity index (χ2n) is 6.97. The summed E-state index contributed by atoms with van der Waals surface area (Å²) in [6.07, 6.45) is 3.50. The first-order valence-corrected chi connectivity index (χ1v) is 11.3. The van der Waals surface area contributed by atoms with E-state index in [-0.39, 0.29) is 42.1 Å². The third-order valence-electron chi connectivity index (χ3n) is 4.97. The molecule has 1 heterocycles. The Morgan fingerprint density at radius 3 is 2.35 bits per heavy atom. The molecular weight excluding hydrogens is 350 g/mol. The highest BCUT2D eigenvalue weighted by molar-refractivity contribution is 7.91. The molecule has 1 amide bonds. The second-order valence-corrected chi connectivity index (χ2v) is 9.20. The number of unbranched alkanes of at least 4 members (excludes halogenated alkanes) is 1. The maximum Gasteiger partial charge on any atom is 0.223 e. The van der Waals surface area contributed by atoms with Crippen molar-refractivity contribution in [3.8, 4) is 0 Å². The van der Waals surface area contributed by atoms with Gasteiger partial charge in [-0.1, -0.05) is 44.5 Å². The molecule has 0 radical (unpaired) electrons. The molecule has 1 aromatic rings. The number of rotatable bonds is 9. The molecule has 0 spiro atoms. The molecule has 0 aliphatic carbocycles. The van der Waals surface area contributed by atoms with Crippen molar-refractivity contribution in [3.63, 3.8) is 0 Å². The van der Waals surface area contributed by atoms with E-state index in [2.05, 4.69) is 6.92 Å². The average molecular weight is 380 g/mol. The molecule has 1 unspecified atom stereocenters. The summed E-state index contributed by atoms with van der Waals surface area (Å²) < 4.78 is 23.5. The maximum atomic E-state index is 12.7. The van der Waals surface area contributed by atoms with Crippen LogP contribution in [0, 0.1) is 0 Å². The third-order valence-corrected chi connectivity index (χ3v) is 6.72. The van der Waals surface area contributed by atoms with Gasteiger partial charge in [0.25, 0.3) is 0 Å². The van der Waals surface area contributed by atoms with E-state index in [1.165, 1.54) is 5.56 Å². The highest BCUT2D eigenvalue weighted by atomic mass is 32.2. The summed E-state index contributed by atoms with van der Waals surface area (Å²) >= 11 is 0. The molecule has 0 bridgehead atoms. The smallest absolute Gasteiger partial charge is 0.223 e. The highest BCUT2D eigenvalue weighted by Gasteiger charge is 2.34. The first-order chi connectivity index (χ1) is 12.4. The number of sulfone groups is 1. The second kappa shape index (κ2) is 9.31. The Kier molecular flexibility index (Phi) is 7.38. The number of aryl methyl sites for hydroxylation is 1. The van der Waals surface area contributed by atoms with Crippen molar-refractivity contribution < 1.29 is 18.0 Å². The van der Waals surface area contributed by atoms with E-state index in [1.807, 2.05) is 31.2 Å². The molecule has 0 N–H and O–H groups in total. The van der Waals surface area contributed by atoms with Crippen molar-refractivity contribution in [2.45, 2.75) is 58.4 Å². The normalized spacial score (nSPS) is 18.6. The van der Waals surface area contributed by atoms with Crippen LogP contribution >= 0.6 is 0 Å². The molecule has 26 heavy (non-hydrogen) atoms. The zero-order valence-corrected chi connectivity index (χ0v) is 16.6. The number of hydrogen-bond acceptors (Lipinski definition) is 4. The Morgan fingerprint density at radius 1 is 1.12 bits per heavy atom. The van der Waals surface area contributed by atoms with E-state index in [0.717, 1.165) is 19.3 Å². The highest BCUT2D eigenvalue weighted by Crippen LogP contribution is 2.20. The SMILES string of the molecule is CCCCN(C(=O)CCC(=O)c1ccc(CC)cc1)C1CCS(=O)(=O)C1. The topological polar surface area (TPSA) is 71.5 Å². The Hall–Kier alpha value is -1.69. The van der Waals surface area contributed by atoms with E-state index >= 15 is 0 Å². The lowest BCUT2D eigenvalue weighted by Crippen LogP contribution is -2.41. The van der Waals surface area contributed by atoms with E-state index in [9.17, 15) is 18.0 Å². The lowest BCUT2D eigenvalue weighted by atomic mass is 10.0. The van der Waals surface area contributed by atoms with Gasteiger partial charge >= 0.3 is 0 Å². The van der Waals surface area contributed by atoms with Gasteiger partial charge in [0, 0.05) is 31.0 Å². The molecule has 2 rings (SSSR count). The molecule has 1 atom stereocenters. The Labute approximate surface area is 156 Å². The van der Waals surface area contributed by atoms with Crippen LogP contribution in [-0.4, -0.2) is 49.1 Å². The van der Waals surface area contributed by atoms with Crippen LogP contribution in [0.1, 0.15) is 61.9 Å².